The Balaban J connectivity index is 2.23. The van der Waals surface area contributed by atoms with Crippen LogP contribution in [0.1, 0.15) is 37.7 Å². The Labute approximate surface area is 161 Å². The highest BCUT2D eigenvalue weighted by molar-refractivity contribution is 7.54. The van der Waals surface area contributed by atoms with Crippen molar-refractivity contribution in [2.75, 3.05) is 19.8 Å². The van der Waals surface area contributed by atoms with Gasteiger partial charge in [0.1, 0.15) is 12.4 Å². The lowest BCUT2D eigenvalue weighted by atomic mass is 10.2. The van der Waals surface area contributed by atoms with E-state index in [1.165, 1.54) is 0 Å². The maximum absolute atomic E-state index is 12.9. The van der Waals surface area contributed by atoms with Crippen LogP contribution >= 0.6 is 7.60 Å². The third-order valence-electron chi connectivity index (χ3n) is 3.81. The van der Waals surface area contributed by atoms with Crippen molar-refractivity contribution in [3.8, 4) is 11.5 Å². The second-order valence-corrected chi connectivity index (χ2v) is 7.89. The molecule has 0 saturated carbocycles. The van der Waals surface area contributed by atoms with Crippen LogP contribution in [0, 0.1) is 0 Å². The molecule has 0 aromatic heterocycles. The number of rotatable bonds is 11. The molecule has 7 heteroatoms. The predicted octanol–water partition coefficient (Wildman–Crippen LogP) is 4.89. The van der Waals surface area contributed by atoms with Gasteiger partial charge in [-0.1, -0.05) is 36.4 Å². The second kappa shape index (κ2) is 10.5. The molecular formula is C20H28NO5P. The summed E-state index contributed by atoms with van der Waals surface area (Å²) in [5.41, 5.74) is 7.88. The van der Waals surface area contributed by atoms with Gasteiger partial charge in [-0.15, -0.1) is 0 Å². The largest absolute Gasteiger partial charge is 0.490 e. The molecular weight excluding hydrogens is 365 g/mol. The van der Waals surface area contributed by atoms with E-state index in [0.29, 0.717) is 30.3 Å². The van der Waals surface area contributed by atoms with Crippen molar-refractivity contribution < 1.29 is 23.1 Å². The molecule has 0 aliphatic heterocycles. The van der Waals surface area contributed by atoms with Gasteiger partial charge in [0.15, 0.2) is 11.5 Å². The number of benzene rings is 2. The minimum Gasteiger partial charge on any atom is -0.490 e. The molecule has 27 heavy (non-hydrogen) atoms. The summed E-state index contributed by atoms with van der Waals surface area (Å²) in [5.74, 6) is 0.236. The molecule has 0 radical (unpaired) electrons. The Morgan fingerprint density at radius 3 is 2.15 bits per heavy atom. The van der Waals surface area contributed by atoms with Crippen LogP contribution in [0.2, 0.25) is 0 Å². The van der Waals surface area contributed by atoms with E-state index in [1.807, 2.05) is 37.3 Å². The first-order valence-electron chi connectivity index (χ1n) is 9.11. The Bertz CT molecular complexity index is 743. The van der Waals surface area contributed by atoms with Crippen LogP contribution in [0.25, 0.3) is 0 Å². The number of nitrogens with two attached hydrogens (primary N) is 1. The Morgan fingerprint density at radius 2 is 1.56 bits per heavy atom. The van der Waals surface area contributed by atoms with Crippen molar-refractivity contribution in [2.24, 2.45) is 5.73 Å². The Hall–Kier alpha value is -1.85. The van der Waals surface area contributed by atoms with Gasteiger partial charge in [0.25, 0.3) is 0 Å². The summed E-state index contributed by atoms with van der Waals surface area (Å²) < 4.78 is 35.2. The molecule has 0 heterocycles. The molecule has 1 atom stereocenters. The summed E-state index contributed by atoms with van der Waals surface area (Å²) in [5, 5.41) is 0. The van der Waals surface area contributed by atoms with Gasteiger partial charge in [0, 0.05) is 0 Å². The van der Waals surface area contributed by atoms with Crippen LogP contribution in [0.4, 0.5) is 0 Å². The molecule has 148 valence electrons. The van der Waals surface area contributed by atoms with Gasteiger partial charge in [-0.25, -0.2) is 0 Å². The summed E-state index contributed by atoms with van der Waals surface area (Å²) in [6, 6.07) is 15.1. The number of hydrogen-bond acceptors (Lipinski definition) is 6. The minimum atomic E-state index is -3.47. The van der Waals surface area contributed by atoms with E-state index in [2.05, 4.69) is 0 Å². The summed E-state index contributed by atoms with van der Waals surface area (Å²) in [6.45, 7) is 6.79. The van der Waals surface area contributed by atoms with E-state index < -0.39 is 13.4 Å². The summed E-state index contributed by atoms with van der Waals surface area (Å²) in [4.78, 5) is 0. The zero-order chi connectivity index (χ0) is 19.7. The van der Waals surface area contributed by atoms with Crippen LogP contribution in [0.3, 0.4) is 0 Å². The molecule has 0 fully saturated rings. The quantitative estimate of drug-likeness (QED) is 0.548. The molecule has 0 aliphatic carbocycles. The molecule has 0 bridgehead atoms. The molecule has 0 spiro atoms. The zero-order valence-electron chi connectivity index (χ0n) is 16.1. The van der Waals surface area contributed by atoms with E-state index >= 15 is 0 Å². The van der Waals surface area contributed by atoms with Gasteiger partial charge in [-0.2, -0.15) is 0 Å². The van der Waals surface area contributed by atoms with Crippen molar-refractivity contribution in [1.29, 1.82) is 0 Å². The van der Waals surface area contributed by atoms with Crippen molar-refractivity contribution in [3.63, 3.8) is 0 Å². The molecule has 0 amide bonds. The summed E-state index contributed by atoms with van der Waals surface area (Å²) in [7, 11) is -3.47. The normalized spacial score (nSPS) is 12.6. The van der Waals surface area contributed by atoms with E-state index in [9.17, 15) is 4.57 Å². The Morgan fingerprint density at radius 1 is 0.889 bits per heavy atom. The maximum Gasteiger partial charge on any atom is 0.351 e. The topological polar surface area (TPSA) is 80.0 Å². The van der Waals surface area contributed by atoms with Crippen LogP contribution in [-0.4, -0.2) is 19.8 Å². The van der Waals surface area contributed by atoms with Gasteiger partial charge in [-0.05, 0) is 44.0 Å². The Kier molecular flexibility index (Phi) is 8.32. The fourth-order valence-corrected chi connectivity index (χ4v) is 4.21. The van der Waals surface area contributed by atoms with Gasteiger partial charge < -0.3 is 24.3 Å². The molecule has 0 aliphatic rings. The molecule has 2 rings (SSSR count). The summed E-state index contributed by atoms with van der Waals surface area (Å²) >= 11 is 0. The highest BCUT2D eigenvalue weighted by Crippen LogP contribution is 2.58. The molecule has 0 saturated heterocycles. The van der Waals surface area contributed by atoms with E-state index in [-0.39, 0.29) is 13.2 Å². The average molecular weight is 393 g/mol. The van der Waals surface area contributed by atoms with Crippen LogP contribution in [-0.2, 0) is 20.2 Å². The molecule has 2 N–H and O–H groups in total. The second-order valence-electron chi connectivity index (χ2n) is 5.73. The van der Waals surface area contributed by atoms with Gasteiger partial charge in [0.05, 0.1) is 19.8 Å². The highest BCUT2D eigenvalue weighted by atomic mass is 31.2. The third-order valence-corrected chi connectivity index (χ3v) is 6.02. The third kappa shape index (κ3) is 5.81. The standard InChI is InChI=1S/C20H28NO5P/c1-4-23-19-14-17(20(21)27(22,25-5-2)26-6-3)12-13-18(19)24-15-16-10-8-7-9-11-16/h7-14,20H,4-6,15,21H2,1-3H3/t20-/m0/s1. The van der Waals surface area contributed by atoms with Crippen molar-refractivity contribution in [3.05, 3.63) is 59.7 Å². The first kappa shape index (κ1) is 21.5. The SMILES string of the molecule is CCOc1cc([C@@H](N)P(=O)(OCC)OCC)ccc1OCc1ccccc1. The van der Waals surface area contributed by atoms with Crippen molar-refractivity contribution in [1.82, 2.24) is 0 Å². The van der Waals surface area contributed by atoms with Crippen molar-refractivity contribution >= 4 is 7.60 Å². The first-order chi connectivity index (χ1) is 13.0. The number of ether oxygens (including phenoxy) is 2. The van der Waals surface area contributed by atoms with E-state index in [0.717, 1.165) is 5.56 Å². The molecule has 6 nitrogen and oxygen atoms in total. The van der Waals surface area contributed by atoms with Crippen molar-refractivity contribution in [2.45, 2.75) is 33.2 Å². The lowest BCUT2D eigenvalue weighted by Crippen LogP contribution is -2.15. The van der Waals surface area contributed by atoms with E-state index in [4.69, 9.17) is 24.3 Å². The molecule has 2 aromatic carbocycles. The number of hydrogen-bond donors (Lipinski definition) is 1. The fourth-order valence-electron chi connectivity index (χ4n) is 2.57. The lowest BCUT2D eigenvalue weighted by Gasteiger charge is -2.24. The first-order valence-corrected chi connectivity index (χ1v) is 10.7. The minimum absolute atomic E-state index is 0.252. The van der Waals surface area contributed by atoms with E-state index in [1.54, 1.807) is 32.0 Å². The highest BCUT2D eigenvalue weighted by Gasteiger charge is 2.34. The smallest absolute Gasteiger partial charge is 0.351 e. The zero-order valence-corrected chi connectivity index (χ0v) is 17.0. The lowest BCUT2D eigenvalue weighted by molar-refractivity contribution is 0.212. The van der Waals surface area contributed by atoms with Gasteiger partial charge in [0.2, 0.25) is 0 Å². The summed E-state index contributed by atoms with van der Waals surface area (Å²) in [6.07, 6.45) is 0. The predicted molar refractivity (Wildman–Crippen MR) is 106 cm³/mol. The van der Waals surface area contributed by atoms with Crippen LogP contribution in [0.15, 0.2) is 48.5 Å². The maximum atomic E-state index is 12.9. The monoisotopic (exact) mass is 393 g/mol. The molecule has 2 aromatic rings. The average Bonchev–Trinajstić information content (AvgIpc) is 2.68. The van der Waals surface area contributed by atoms with Crippen LogP contribution in [0.5, 0.6) is 11.5 Å². The molecule has 0 unspecified atom stereocenters. The van der Waals surface area contributed by atoms with Gasteiger partial charge >= 0.3 is 7.60 Å². The fraction of sp³-hybridized carbons (Fsp3) is 0.400. The van der Waals surface area contributed by atoms with Gasteiger partial charge in [-0.3, -0.25) is 4.57 Å². The van der Waals surface area contributed by atoms with Crippen LogP contribution < -0.4 is 15.2 Å².